The molecule has 150 valence electrons. The Hall–Kier alpha value is -2.18. The molecule has 28 heavy (non-hydrogen) atoms. The first kappa shape index (κ1) is 20.6. The van der Waals surface area contributed by atoms with Crippen molar-refractivity contribution in [3.63, 3.8) is 0 Å². The molecule has 2 aliphatic heterocycles. The fourth-order valence-electron chi connectivity index (χ4n) is 2.97. The van der Waals surface area contributed by atoms with Crippen molar-refractivity contribution in [2.24, 2.45) is 0 Å². The minimum atomic E-state index is -1.65. The number of aryl methyl sites for hydroxylation is 1. The zero-order chi connectivity index (χ0) is 20.6. The van der Waals surface area contributed by atoms with E-state index in [1.54, 1.807) is 12.1 Å². The summed E-state index contributed by atoms with van der Waals surface area (Å²) in [5.41, 5.74) is 0.133. The van der Waals surface area contributed by atoms with Crippen LogP contribution >= 0.6 is 15.9 Å². The largest absolute Gasteiger partial charge is 0.394 e. The predicted molar refractivity (Wildman–Crippen MR) is 103 cm³/mol. The summed E-state index contributed by atoms with van der Waals surface area (Å²) in [6.07, 6.45) is -4.02. The lowest BCUT2D eigenvalue weighted by atomic mass is 10.1. The molecule has 0 radical (unpaired) electrons. The van der Waals surface area contributed by atoms with Gasteiger partial charge in [0, 0.05) is 4.47 Å². The predicted octanol–water partition coefficient (Wildman–Crippen LogP) is -1.02. The van der Waals surface area contributed by atoms with Crippen LogP contribution in [0.2, 0.25) is 0 Å². The van der Waals surface area contributed by atoms with Gasteiger partial charge >= 0.3 is 5.69 Å². The molecule has 0 bridgehead atoms. The summed E-state index contributed by atoms with van der Waals surface area (Å²) >= 11 is 3.46. The van der Waals surface area contributed by atoms with Gasteiger partial charge in [-0.15, -0.1) is 0 Å². The SMILES string of the molecule is CCc1cc2nc3c(=O)[nH]c(=O)nc-3n(C[C@H](O)[C@H](O)[C@H](O)CO)c2cc1Br. The molecule has 0 spiro atoms. The maximum atomic E-state index is 12.2. The fraction of sp³-hybridized carbons (Fsp3) is 0.412. The summed E-state index contributed by atoms with van der Waals surface area (Å²) < 4.78 is 2.14. The number of nitrogens with one attached hydrogen (secondary N) is 1. The van der Waals surface area contributed by atoms with Crippen molar-refractivity contribution in [2.75, 3.05) is 6.61 Å². The van der Waals surface area contributed by atoms with Crippen molar-refractivity contribution in [1.82, 2.24) is 19.5 Å². The number of fused-ring (bicyclic) bond motifs is 2. The van der Waals surface area contributed by atoms with E-state index in [0.717, 1.165) is 10.0 Å². The number of benzene rings is 1. The highest BCUT2D eigenvalue weighted by molar-refractivity contribution is 9.10. The smallest absolute Gasteiger partial charge is 0.349 e. The van der Waals surface area contributed by atoms with Gasteiger partial charge < -0.3 is 25.0 Å². The molecule has 0 aromatic heterocycles. The molecule has 0 aliphatic carbocycles. The van der Waals surface area contributed by atoms with E-state index in [2.05, 4.69) is 30.9 Å². The van der Waals surface area contributed by atoms with E-state index in [-0.39, 0.29) is 18.1 Å². The van der Waals surface area contributed by atoms with Gasteiger partial charge in [-0.3, -0.25) is 9.78 Å². The molecule has 5 N–H and O–H groups in total. The Morgan fingerprint density at radius 2 is 1.89 bits per heavy atom. The van der Waals surface area contributed by atoms with Crippen LogP contribution in [0.15, 0.2) is 26.2 Å². The van der Waals surface area contributed by atoms with Gasteiger partial charge in [-0.1, -0.05) is 22.9 Å². The zero-order valence-electron chi connectivity index (χ0n) is 14.8. The van der Waals surface area contributed by atoms with E-state index in [1.807, 2.05) is 6.92 Å². The minimum absolute atomic E-state index is 0.0675. The third kappa shape index (κ3) is 3.71. The van der Waals surface area contributed by atoms with Crippen molar-refractivity contribution in [1.29, 1.82) is 0 Å². The Morgan fingerprint density at radius 1 is 1.18 bits per heavy atom. The van der Waals surface area contributed by atoms with Gasteiger partial charge in [0.25, 0.3) is 5.56 Å². The average molecular weight is 455 g/mol. The zero-order valence-corrected chi connectivity index (χ0v) is 16.4. The molecule has 3 rings (SSSR count). The minimum Gasteiger partial charge on any atom is -0.394 e. The quantitative estimate of drug-likeness (QED) is 0.295. The maximum absolute atomic E-state index is 12.2. The molecule has 0 amide bonds. The number of halogens is 1. The Labute approximate surface area is 166 Å². The van der Waals surface area contributed by atoms with Crippen molar-refractivity contribution in [3.05, 3.63) is 43.0 Å². The first-order valence-electron chi connectivity index (χ1n) is 8.54. The van der Waals surface area contributed by atoms with E-state index in [0.29, 0.717) is 17.5 Å². The van der Waals surface area contributed by atoms with Crippen molar-refractivity contribution >= 4 is 27.0 Å². The van der Waals surface area contributed by atoms with Crippen LogP contribution in [-0.4, -0.2) is 64.9 Å². The normalized spacial score (nSPS) is 15.1. The van der Waals surface area contributed by atoms with Crippen LogP contribution in [0.1, 0.15) is 12.5 Å². The lowest BCUT2D eigenvalue weighted by Crippen LogP contribution is -2.42. The number of rotatable bonds is 6. The summed E-state index contributed by atoms with van der Waals surface area (Å²) in [4.78, 5) is 34.1. The number of aliphatic hydroxyl groups is 4. The third-order valence-electron chi connectivity index (χ3n) is 4.50. The highest BCUT2D eigenvalue weighted by atomic mass is 79.9. The topological polar surface area (TPSA) is 162 Å². The second-order valence-electron chi connectivity index (χ2n) is 6.36. The van der Waals surface area contributed by atoms with Crippen LogP contribution in [0.4, 0.5) is 0 Å². The fourth-order valence-corrected chi connectivity index (χ4v) is 3.59. The molecule has 11 heteroatoms. The molecule has 10 nitrogen and oxygen atoms in total. The average Bonchev–Trinajstić information content (AvgIpc) is 2.67. The van der Waals surface area contributed by atoms with Crippen LogP contribution in [0.3, 0.4) is 0 Å². The molecule has 0 saturated carbocycles. The van der Waals surface area contributed by atoms with Gasteiger partial charge in [0.15, 0.2) is 11.5 Å². The van der Waals surface area contributed by atoms with Gasteiger partial charge in [-0.25, -0.2) is 9.78 Å². The molecular weight excluding hydrogens is 436 g/mol. The molecule has 1 aromatic carbocycles. The van der Waals surface area contributed by atoms with Gasteiger partial charge in [0.05, 0.1) is 24.2 Å². The number of aromatic amines is 1. The van der Waals surface area contributed by atoms with E-state index < -0.39 is 36.2 Å². The number of aliphatic hydroxyl groups excluding tert-OH is 4. The van der Waals surface area contributed by atoms with Gasteiger partial charge in [0.2, 0.25) is 0 Å². The third-order valence-corrected chi connectivity index (χ3v) is 5.24. The molecule has 3 atom stereocenters. The summed E-state index contributed by atoms with van der Waals surface area (Å²) in [7, 11) is 0. The van der Waals surface area contributed by atoms with Crippen LogP contribution < -0.4 is 11.2 Å². The van der Waals surface area contributed by atoms with E-state index in [9.17, 15) is 24.9 Å². The summed E-state index contributed by atoms with van der Waals surface area (Å²) in [5.74, 6) is -0.0675. The monoisotopic (exact) mass is 454 g/mol. The van der Waals surface area contributed by atoms with E-state index >= 15 is 0 Å². The van der Waals surface area contributed by atoms with E-state index in [1.165, 1.54) is 4.57 Å². The van der Waals surface area contributed by atoms with E-state index in [4.69, 9.17) is 5.11 Å². The molecule has 2 aliphatic rings. The highest BCUT2D eigenvalue weighted by Crippen LogP contribution is 2.28. The number of H-pyrrole nitrogens is 1. The number of hydrogen-bond acceptors (Lipinski definition) is 8. The van der Waals surface area contributed by atoms with Crippen LogP contribution in [0.25, 0.3) is 22.6 Å². The molecule has 2 heterocycles. The lowest BCUT2D eigenvalue weighted by molar-refractivity contribution is -0.0802. The first-order chi connectivity index (χ1) is 13.3. The Morgan fingerprint density at radius 3 is 2.54 bits per heavy atom. The van der Waals surface area contributed by atoms with Crippen molar-refractivity contribution in [3.8, 4) is 11.5 Å². The van der Waals surface area contributed by atoms with Crippen molar-refractivity contribution < 1.29 is 20.4 Å². The van der Waals surface area contributed by atoms with Gasteiger partial charge in [-0.05, 0) is 24.1 Å². The second-order valence-corrected chi connectivity index (χ2v) is 7.21. The lowest BCUT2D eigenvalue weighted by Gasteiger charge is -2.25. The standard InChI is InChI=1S/C17H19BrN4O6/c1-2-7-3-9-10(4-8(7)18)22(5-11(24)14(26)12(25)6-23)15-13(19-9)16(27)21-17(28)20-15/h3-4,11-12,14,23-26H,2,5-6H2,1H3,(H,21,27,28)/t11-,12+,14-/m0/s1. The maximum Gasteiger partial charge on any atom is 0.349 e. The Bertz CT molecular complexity index is 1100. The summed E-state index contributed by atoms with van der Waals surface area (Å²) in [6.45, 7) is 0.909. The molecule has 0 saturated heterocycles. The number of nitrogens with zero attached hydrogens (tertiary/aromatic N) is 3. The number of hydrogen-bond donors (Lipinski definition) is 5. The highest BCUT2D eigenvalue weighted by Gasteiger charge is 2.27. The van der Waals surface area contributed by atoms with Crippen LogP contribution in [-0.2, 0) is 13.0 Å². The van der Waals surface area contributed by atoms with Crippen molar-refractivity contribution in [2.45, 2.75) is 38.2 Å². The van der Waals surface area contributed by atoms with Crippen LogP contribution in [0, 0.1) is 0 Å². The van der Waals surface area contributed by atoms with Gasteiger partial charge in [0.1, 0.15) is 18.3 Å². The first-order valence-corrected chi connectivity index (χ1v) is 9.34. The second kappa shape index (κ2) is 8.05. The van der Waals surface area contributed by atoms with Crippen LogP contribution in [0.5, 0.6) is 0 Å². The van der Waals surface area contributed by atoms with Gasteiger partial charge in [-0.2, -0.15) is 4.98 Å². The molecule has 0 unspecified atom stereocenters. The number of aromatic nitrogens is 4. The Kier molecular flexibility index (Phi) is 5.91. The molecular formula is C17H19BrN4O6. The molecule has 1 aromatic rings. The molecule has 0 fully saturated rings. The Balaban J connectivity index is 2.28. The summed E-state index contributed by atoms with van der Waals surface area (Å²) in [6, 6.07) is 3.49. The summed E-state index contributed by atoms with van der Waals surface area (Å²) in [5, 5.41) is 38.9.